The van der Waals surface area contributed by atoms with E-state index < -0.39 is 0 Å². The lowest BCUT2D eigenvalue weighted by Gasteiger charge is -2.17. The van der Waals surface area contributed by atoms with E-state index in [9.17, 15) is 0 Å². The average Bonchev–Trinajstić information content (AvgIpc) is 2.18. The van der Waals surface area contributed by atoms with Gasteiger partial charge in [0.25, 0.3) is 0 Å². The molecule has 1 unspecified atom stereocenters. The minimum Gasteiger partial charge on any atom is -0.481 e. The van der Waals surface area contributed by atoms with Gasteiger partial charge in [-0.1, -0.05) is 13.8 Å². The maximum atomic E-state index is 5.01. The van der Waals surface area contributed by atoms with Crippen molar-refractivity contribution in [2.45, 2.75) is 26.8 Å². The van der Waals surface area contributed by atoms with Crippen LogP contribution in [0.4, 0.5) is 5.95 Å². The van der Waals surface area contributed by atoms with Crippen LogP contribution in [0, 0.1) is 5.92 Å². The molecule has 78 valence electrons. The van der Waals surface area contributed by atoms with Gasteiger partial charge in [-0.05, 0) is 12.8 Å². The first-order valence-corrected chi connectivity index (χ1v) is 4.77. The van der Waals surface area contributed by atoms with Crippen LogP contribution < -0.4 is 10.1 Å². The summed E-state index contributed by atoms with van der Waals surface area (Å²) in [6.45, 7) is 6.41. The number of nitrogens with zero attached hydrogens (tertiary/aromatic N) is 2. The van der Waals surface area contributed by atoms with Gasteiger partial charge in [-0.25, -0.2) is 4.98 Å². The van der Waals surface area contributed by atoms with Crippen LogP contribution in [0.15, 0.2) is 12.3 Å². The molecule has 14 heavy (non-hydrogen) atoms. The van der Waals surface area contributed by atoms with Crippen LogP contribution >= 0.6 is 0 Å². The lowest BCUT2D eigenvalue weighted by molar-refractivity contribution is 0.397. The number of anilines is 1. The van der Waals surface area contributed by atoms with Crippen molar-refractivity contribution in [3.8, 4) is 5.88 Å². The molecule has 0 bridgehead atoms. The van der Waals surface area contributed by atoms with Gasteiger partial charge in [-0.2, -0.15) is 4.98 Å². The molecule has 0 fully saturated rings. The summed E-state index contributed by atoms with van der Waals surface area (Å²) in [4.78, 5) is 8.28. The number of hydrogen-bond donors (Lipinski definition) is 1. The van der Waals surface area contributed by atoms with Crippen LogP contribution in [0.3, 0.4) is 0 Å². The van der Waals surface area contributed by atoms with Crippen LogP contribution in [0.2, 0.25) is 0 Å². The molecule has 1 rings (SSSR count). The summed E-state index contributed by atoms with van der Waals surface area (Å²) in [6.07, 6.45) is 1.68. The Balaban J connectivity index is 2.66. The highest BCUT2D eigenvalue weighted by molar-refractivity contribution is 5.28. The van der Waals surface area contributed by atoms with E-state index in [4.69, 9.17) is 4.74 Å². The van der Waals surface area contributed by atoms with Crippen molar-refractivity contribution in [3.63, 3.8) is 0 Å². The number of rotatable bonds is 4. The molecule has 0 spiro atoms. The van der Waals surface area contributed by atoms with Crippen molar-refractivity contribution in [2.24, 2.45) is 5.92 Å². The molecule has 0 radical (unpaired) electrons. The summed E-state index contributed by atoms with van der Waals surface area (Å²) in [5, 5.41) is 3.21. The first-order chi connectivity index (χ1) is 6.63. The Morgan fingerprint density at radius 2 is 2.07 bits per heavy atom. The minimum absolute atomic E-state index is 0.349. The fourth-order valence-electron chi connectivity index (χ4n) is 0.896. The van der Waals surface area contributed by atoms with Crippen LogP contribution in [0.25, 0.3) is 0 Å². The van der Waals surface area contributed by atoms with Crippen LogP contribution in [0.5, 0.6) is 5.88 Å². The summed E-state index contributed by atoms with van der Waals surface area (Å²) in [6, 6.07) is 2.08. The van der Waals surface area contributed by atoms with E-state index in [-0.39, 0.29) is 0 Å². The standard InChI is InChI=1S/C10H17N3O/c1-7(2)8(3)12-10-11-6-5-9(13-10)14-4/h5-8H,1-4H3,(H,11,12,13). The van der Waals surface area contributed by atoms with Crippen molar-refractivity contribution in [3.05, 3.63) is 12.3 Å². The molecule has 1 heterocycles. The lowest BCUT2D eigenvalue weighted by Crippen LogP contribution is -2.22. The summed E-state index contributed by atoms with van der Waals surface area (Å²) < 4.78 is 5.01. The number of nitrogens with one attached hydrogen (secondary N) is 1. The Morgan fingerprint density at radius 3 is 2.64 bits per heavy atom. The Bertz CT molecular complexity index is 288. The molecule has 0 aliphatic rings. The third-order valence-electron chi connectivity index (χ3n) is 2.20. The van der Waals surface area contributed by atoms with Crippen molar-refractivity contribution < 1.29 is 4.74 Å². The second kappa shape index (κ2) is 4.79. The highest BCUT2D eigenvalue weighted by atomic mass is 16.5. The van der Waals surface area contributed by atoms with Crippen molar-refractivity contribution in [2.75, 3.05) is 12.4 Å². The fraction of sp³-hybridized carbons (Fsp3) is 0.600. The molecule has 1 aromatic rings. The van der Waals surface area contributed by atoms with E-state index in [2.05, 4.69) is 36.1 Å². The van der Waals surface area contributed by atoms with Crippen molar-refractivity contribution >= 4 is 5.95 Å². The van der Waals surface area contributed by atoms with E-state index >= 15 is 0 Å². The van der Waals surface area contributed by atoms with E-state index in [1.807, 2.05) is 0 Å². The van der Waals surface area contributed by atoms with Gasteiger partial charge in [0.1, 0.15) is 0 Å². The third kappa shape index (κ3) is 2.87. The van der Waals surface area contributed by atoms with Gasteiger partial charge < -0.3 is 10.1 Å². The molecular weight excluding hydrogens is 178 g/mol. The molecule has 0 aromatic carbocycles. The van der Waals surface area contributed by atoms with Gasteiger partial charge in [0.05, 0.1) is 7.11 Å². The minimum atomic E-state index is 0.349. The summed E-state index contributed by atoms with van der Waals surface area (Å²) in [5.74, 6) is 1.74. The number of hydrogen-bond acceptors (Lipinski definition) is 4. The molecule has 1 aromatic heterocycles. The predicted octanol–water partition coefficient (Wildman–Crippen LogP) is 1.94. The summed E-state index contributed by atoms with van der Waals surface area (Å²) >= 11 is 0. The zero-order chi connectivity index (χ0) is 10.6. The van der Waals surface area contributed by atoms with E-state index in [0.717, 1.165) is 0 Å². The second-order valence-corrected chi connectivity index (χ2v) is 3.60. The third-order valence-corrected chi connectivity index (χ3v) is 2.20. The Labute approximate surface area is 84.7 Å². The molecule has 4 heteroatoms. The molecule has 4 nitrogen and oxygen atoms in total. The fourth-order valence-corrected chi connectivity index (χ4v) is 0.896. The molecule has 0 saturated carbocycles. The molecule has 1 atom stereocenters. The lowest BCUT2D eigenvalue weighted by atomic mass is 10.1. The smallest absolute Gasteiger partial charge is 0.226 e. The quantitative estimate of drug-likeness (QED) is 0.797. The van der Waals surface area contributed by atoms with Gasteiger partial charge in [-0.15, -0.1) is 0 Å². The van der Waals surface area contributed by atoms with Gasteiger partial charge >= 0.3 is 0 Å². The molecule has 0 saturated heterocycles. The Morgan fingerprint density at radius 1 is 1.36 bits per heavy atom. The maximum Gasteiger partial charge on any atom is 0.226 e. The van der Waals surface area contributed by atoms with Crippen molar-refractivity contribution in [1.82, 2.24) is 9.97 Å². The topological polar surface area (TPSA) is 47.0 Å². The zero-order valence-electron chi connectivity index (χ0n) is 9.11. The van der Waals surface area contributed by atoms with E-state index in [0.29, 0.717) is 23.8 Å². The first kappa shape index (κ1) is 10.8. The number of ether oxygens (including phenoxy) is 1. The van der Waals surface area contributed by atoms with Gasteiger partial charge in [-0.3, -0.25) is 0 Å². The maximum absolute atomic E-state index is 5.01. The molecule has 1 N–H and O–H groups in total. The second-order valence-electron chi connectivity index (χ2n) is 3.60. The Hall–Kier alpha value is -1.32. The molecule has 0 aliphatic heterocycles. The monoisotopic (exact) mass is 195 g/mol. The summed E-state index contributed by atoms with van der Waals surface area (Å²) in [7, 11) is 1.60. The average molecular weight is 195 g/mol. The Kier molecular flexibility index (Phi) is 3.68. The largest absolute Gasteiger partial charge is 0.481 e. The highest BCUT2D eigenvalue weighted by Gasteiger charge is 2.08. The molecular formula is C10H17N3O. The number of methoxy groups -OCH3 is 1. The molecule has 0 amide bonds. The summed E-state index contributed by atoms with van der Waals surface area (Å²) in [5.41, 5.74) is 0. The van der Waals surface area contributed by atoms with Crippen molar-refractivity contribution in [1.29, 1.82) is 0 Å². The number of aromatic nitrogens is 2. The highest BCUT2D eigenvalue weighted by Crippen LogP contribution is 2.10. The predicted molar refractivity (Wildman–Crippen MR) is 56.5 cm³/mol. The van der Waals surface area contributed by atoms with Crippen LogP contribution in [-0.4, -0.2) is 23.1 Å². The van der Waals surface area contributed by atoms with Gasteiger partial charge in [0, 0.05) is 18.3 Å². The van der Waals surface area contributed by atoms with Crippen LogP contribution in [0.1, 0.15) is 20.8 Å². The van der Waals surface area contributed by atoms with E-state index in [1.165, 1.54) is 0 Å². The zero-order valence-corrected chi connectivity index (χ0v) is 9.11. The van der Waals surface area contributed by atoms with E-state index in [1.54, 1.807) is 19.4 Å². The van der Waals surface area contributed by atoms with Crippen LogP contribution in [-0.2, 0) is 0 Å². The SMILES string of the molecule is COc1ccnc(NC(C)C(C)C)n1. The normalized spacial score (nSPS) is 12.6. The molecule has 0 aliphatic carbocycles. The first-order valence-electron chi connectivity index (χ1n) is 4.77. The van der Waals surface area contributed by atoms with Gasteiger partial charge in [0.15, 0.2) is 0 Å². The van der Waals surface area contributed by atoms with Gasteiger partial charge in [0.2, 0.25) is 11.8 Å².